The van der Waals surface area contributed by atoms with E-state index in [0.29, 0.717) is 12.2 Å². The molecule has 16 heavy (non-hydrogen) atoms. The molecule has 0 saturated heterocycles. The van der Waals surface area contributed by atoms with Gasteiger partial charge in [-0.05, 0) is 20.0 Å². The number of carboxylic acids is 2. The van der Waals surface area contributed by atoms with Crippen LogP contribution in [0.3, 0.4) is 0 Å². The first kappa shape index (κ1) is 17.0. The lowest BCUT2D eigenvalue weighted by atomic mass is 10.1. The lowest BCUT2D eigenvalue weighted by Gasteiger charge is -2.13. The predicted molar refractivity (Wildman–Crippen MR) is 62.4 cm³/mol. The van der Waals surface area contributed by atoms with E-state index in [0.717, 1.165) is 5.92 Å². The van der Waals surface area contributed by atoms with Crippen LogP contribution in [0.1, 0.15) is 20.3 Å². The van der Waals surface area contributed by atoms with Crippen molar-refractivity contribution < 1.29 is 19.8 Å². The molecule has 5 nitrogen and oxygen atoms in total. The number of carboxylic acid groups (broad SMARTS) is 2. The highest BCUT2D eigenvalue weighted by Gasteiger charge is 1.97. The first-order valence-electron chi connectivity index (χ1n) is 5.08. The van der Waals surface area contributed by atoms with Crippen LogP contribution in [0.4, 0.5) is 0 Å². The van der Waals surface area contributed by atoms with Crippen molar-refractivity contribution in [1.82, 2.24) is 4.90 Å². The summed E-state index contributed by atoms with van der Waals surface area (Å²) in [5.74, 6) is -1.66. The van der Waals surface area contributed by atoms with E-state index in [1.165, 1.54) is 13.0 Å². The van der Waals surface area contributed by atoms with Gasteiger partial charge in [-0.15, -0.1) is 0 Å². The summed E-state index contributed by atoms with van der Waals surface area (Å²) in [7, 11) is 4.23. The molecule has 0 aliphatic rings. The van der Waals surface area contributed by atoms with Crippen LogP contribution in [0.5, 0.6) is 0 Å². The quantitative estimate of drug-likeness (QED) is 0.697. The first-order chi connectivity index (χ1) is 7.29. The lowest BCUT2D eigenvalue weighted by molar-refractivity contribution is -0.134. The van der Waals surface area contributed by atoms with Gasteiger partial charge >= 0.3 is 11.9 Å². The standard InChI is InChI=1S/C7H17N.C4H4O4/c1-5-7(2)6-8(3)4;5-3(6)1-2-4(7)8/h7H,5-6H2,1-4H3;1-2H,(H,5,6)(H,7,8). The van der Waals surface area contributed by atoms with Gasteiger partial charge in [-0.2, -0.15) is 0 Å². The highest BCUT2D eigenvalue weighted by Crippen LogP contribution is 1.99. The van der Waals surface area contributed by atoms with Gasteiger partial charge in [0.05, 0.1) is 0 Å². The zero-order chi connectivity index (χ0) is 13.1. The molecule has 0 fully saturated rings. The zero-order valence-electron chi connectivity index (χ0n) is 10.3. The van der Waals surface area contributed by atoms with Crippen LogP contribution in [0.15, 0.2) is 12.2 Å². The van der Waals surface area contributed by atoms with Gasteiger partial charge in [-0.1, -0.05) is 20.3 Å². The van der Waals surface area contributed by atoms with Crippen molar-refractivity contribution in [2.45, 2.75) is 20.3 Å². The molecule has 0 rings (SSSR count). The van der Waals surface area contributed by atoms with Crippen LogP contribution >= 0.6 is 0 Å². The van der Waals surface area contributed by atoms with E-state index >= 15 is 0 Å². The van der Waals surface area contributed by atoms with E-state index in [2.05, 4.69) is 32.8 Å². The third-order valence-electron chi connectivity index (χ3n) is 1.74. The Morgan fingerprint density at radius 3 is 1.69 bits per heavy atom. The molecule has 0 aliphatic heterocycles. The Morgan fingerprint density at radius 1 is 1.19 bits per heavy atom. The second kappa shape index (κ2) is 10.2. The van der Waals surface area contributed by atoms with Gasteiger partial charge in [0, 0.05) is 18.7 Å². The molecule has 0 saturated carbocycles. The summed E-state index contributed by atoms with van der Waals surface area (Å²) in [4.78, 5) is 21.3. The molecule has 5 heteroatoms. The largest absolute Gasteiger partial charge is 0.478 e. The maximum atomic E-state index is 9.55. The summed E-state index contributed by atoms with van der Waals surface area (Å²) in [6.45, 7) is 5.73. The van der Waals surface area contributed by atoms with Crippen molar-refractivity contribution in [2.75, 3.05) is 20.6 Å². The molecular weight excluding hydrogens is 210 g/mol. The van der Waals surface area contributed by atoms with Crippen molar-refractivity contribution in [3.63, 3.8) is 0 Å². The van der Waals surface area contributed by atoms with Gasteiger partial charge in [0.15, 0.2) is 0 Å². The van der Waals surface area contributed by atoms with Crippen LogP contribution in [0, 0.1) is 5.92 Å². The normalized spacial score (nSPS) is 12.1. The van der Waals surface area contributed by atoms with Crippen molar-refractivity contribution in [3.05, 3.63) is 12.2 Å². The van der Waals surface area contributed by atoms with Crippen LogP contribution < -0.4 is 0 Å². The van der Waals surface area contributed by atoms with Crippen LogP contribution in [0.25, 0.3) is 0 Å². The summed E-state index contributed by atoms with van der Waals surface area (Å²) < 4.78 is 0. The average molecular weight is 231 g/mol. The second-order valence-corrected chi connectivity index (χ2v) is 3.79. The highest BCUT2D eigenvalue weighted by molar-refractivity contribution is 5.89. The SMILES string of the molecule is CCC(C)CN(C)C.O=C(O)C=CC(=O)O. The lowest BCUT2D eigenvalue weighted by Crippen LogP contribution is -2.18. The topological polar surface area (TPSA) is 77.8 Å². The highest BCUT2D eigenvalue weighted by atomic mass is 16.4. The average Bonchev–Trinajstić information content (AvgIpc) is 2.14. The van der Waals surface area contributed by atoms with Gasteiger partial charge in [0.1, 0.15) is 0 Å². The predicted octanol–water partition coefficient (Wildman–Crippen LogP) is 1.31. The van der Waals surface area contributed by atoms with E-state index in [1.54, 1.807) is 0 Å². The van der Waals surface area contributed by atoms with E-state index in [9.17, 15) is 9.59 Å². The summed E-state index contributed by atoms with van der Waals surface area (Å²) >= 11 is 0. The minimum absolute atomic E-state index is 0.558. The Kier molecular flexibility index (Phi) is 10.8. The van der Waals surface area contributed by atoms with Crippen molar-refractivity contribution in [1.29, 1.82) is 0 Å². The van der Waals surface area contributed by atoms with Gasteiger partial charge in [-0.25, -0.2) is 9.59 Å². The smallest absolute Gasteiger partial charge is 0.328 e. The molecular formula is C11H21NO4. The molecule has 0 radical (unpaired) electrons. The van der Waals surface area contributed by atoms with Gasteiger partial charge in [-0.3, -0.25) is 0 Å². The maximum Gasteiger partial charge on any atom is 0.328 e. The molecule has 0 heterocycles. The Balaban J connectivity index is 0. The molecule has 2 N–H and O–H groups in total. The van der Waals surface area contributed by atoms with Crippen molar-refractivity contribution >= 4 is 11.9 Å². The molecule has 0 aromatic heterocycles. The molecule has 1 unspecified atom stereocenters. The van der Waals surface area contributed by atoms with Gasteiger partial charge in [0.25, 0.3) is 0 Å². The number of hydrogen-bond donors (Lipinski definition) is 2. The Bertz CT molecular complexity index is 220. The fourth-order valence-corrected chi connectivity index (χ4v) is 0.895. The Morgan fingerprint density at radius 2 is 1.56 bits per heavy atom. The fourth-order valence-electron chi connectivity index (χ4n) is 0.895. The van der Waals surface area contributed by atoms with Crippen LogP contribution in [-0.2, 0) is 9.59 Å². The van der Waals surface area contributed by atoms with Gasteiger partial charge < -0.3 is 15.1 Å². The van der Waals surface area contributed by atoms with Crippen molar-refractivity contribution in [2.24, 2.45) is 5.92 Å². The minimum Gasteiger partial charge on any atom is -0.478 e. The Labute approximate surface area is 96.4 Å². The zero-order valence-corrected chi connectivity index (χ0v) is 10.3. The summed E-state index contributed by atoms with van der Waals surface area (Å²) in [5.41, 5.74) is 0. The molecule has 0 amide bonds. The molecule has 0 aromatic carbocycles. The first-order valence-corrected chi connectivity index (χ1v) is 5.08. The van der Waals surface area contributed by atoms with Gasteiger partial charge in [0.2, 0.25) is 0 Å². The summed E-state index contributed by atoms with van der Waals surface area (Å²) in [6, 6.07) is 0. The molecule has 1 atom stereocenters. The van der Waals surface area contributed by atoms with E-state index in [4.69, 9.17) is 10.2 Å². The molecule has 0 spiro atoms. The second-order valence-electron chi connectivity index (χ2n) is 3.79. The number of nitrogens with zero attached hydrogens (tertiary/aromatic N) is 1. The van der Waals surface area contributed by atoms with E-state index in [-0.39, 0.29) is 0 Å². The molecule has 0 aromatic rings. The number of carbonyl (C=O) groups is 2. The number of hydrogen-bond acceptors (Lipinski definition) is 3. The molecule has 0 bridgehead atoms. The summed E-state index contributed by atoms with van der Waals surface area (Å²) in [6.07, 6.45) is 2.41. The minimum atomic E-state index is -1.26. The fraction of sp³-hybridized carbons (Fsp3) is 0.636. The van der Waals surface area contributed by atoms with Crippen LogP contribution in [-0.4, -0.2) is 47.7 Å². The molecule has 0 aliphatic carbocycles. The number of aliphatic carboxylic acids is 2. The maximum absolute atomic E-state index is 9.55. The van der Waals surface area contributed by atoms with E-state index < -0.39 is 11.9 Å². The Hall–Kier alpha value is -1.36. The third kappa shape index (κ3) is 18.4. The van der Waals surface area contributed by atoms with E-state index in [1.807, 2.05) is 0 Å². The third-order valence-corrected chi connectivity index (χ3v) is 1.74. The van der Waals surface area contributed by atoms with Crippen molar-refractivity contribution in [3.8, 4) is 0 Å². The summed E-state index contributed by atoms with van der Waals surface area (Å²) in [5, 5.41) is 15.6. The molecule has 94 valence electrons. The van der Waals surface area contributed by atoms with Crippen LogP contribution in [0.2, 0.25) is 0 Å². The monoisotopic (exact) mass is 231 g/mol. The number of rotatable bonds is 5.